The Hall–Kier alpha value is -2.62. The molecule has 0 radical (unpaired) electrons. The summed E-state index contributed by atoms with van der Waals surface area (Å²) in [5.74, 6) is 0. The minimum atomic E-state index is -0.380. The molecule has 4 heteroatoms. The number of rotatable bonds is 4. The van der Waals surface area contributed by atoms with Crippen molar-refractivity contribution >= 4 is 16.9 Å². The summed E-state index contributed by atoms with van der Waals surface area (Å²) in [6, 6.07) is 17.2. The zero-order valence-corrected chi connectivity index (χ0v) is 11.5. The van der Waals surface area contributed by atoms with E-state index in [-0.39, 0.29) is 16.7 Å². The van der Waals surface area contributed by atoms with Crippen molar-refractivity contribution in [3.8, 4) is 0 Å². The molecule has 0 saturated heterocycles. The lowest BCUT2D eigenvalue weighted by Gasteiger charge is -2.18. The number of anilines is 1. The summed E-state index contributed by atoms with van der Waals surface area (Å²) in [5, 5.41) is 14.1. The van der Waals surface area contributed by atoms with Gasteiger partial charge in [0.15, 0.2) is 0 Å². The minimum absolute atomic E-state index is 0.116. The summed E-state index contributed by atoms with van der Waals surface area (Å²) in [4.78, 5) is 10.3. The van der Waals surface area contributed by atoms with Crippen molar-refractivity contribution in [3.63, 3.8) is 0 Å². The van der Waals surface area contributed by atoms with Gasteiger partial charge < -0.3 is 5.32 Å². The molecule has 0 saturated carbocycles. The van der Waals surface area contributed by atoms with E-state index in [9.17, 15) is 10.1 Å². The van der Waals surface area contributed by atoms with Gasteiger partial charge in [-0.1, -0.05) is 36.4 Å². The van der Waals surface area contributed by atoms with E-state index in [2.05, 4.69) is 23.5 Å². The highest BCUT2D eigenvalue weighted by atomic mass is 16.6. The van der Waals surface area contributed by atoms with Gasteiger partial charge in [-0.3, -0.25) is 10.1 Å². The first-order valence-electron chi connectivity index (χ1n) is 7.00. The molecule has 1 atom stereocenters. The molecule has 0 bridgehead atoms. The van der Waals surface area contributed by atoms with E-state index in [0.29, 0.717) is 0 Å². The van der Waals surface area contributed by atoms with E-state index >= 15 is 0 Å². The molecular formula is C17H16N2O2. The predicted octanol–water partition coefficient (Wildman–Crippen LogP) is 4.25. The first-order chi connectivity index (χ1) is 10.2. The largest absolute Gasteiger partial charge is 0.378 e. The number of hydrogen-bond acceptors (Lipinski definition) is 3. The number of hydrogen-bond donors (Lipinski definition) is 1. The van der Waals surface area contributed by atoms with Gasteiger partial charge in [-0.05, 0) is 36.1 Å². The number of nitro benzene ring substituents is 1. The molecule has 0 aromatic heterocycles. The van der Waals surface area contributed by atoms with Crippen LogP contribution >= 0.6 is 0 Å². The topological polar surface area (TPSA) is 55.2 Å². The van der Waals surface area contributed by atoms with E-state index in [1.807, 2.05) is 18.2 Å². The molecule has 1 unspecified atom stereocenters. The Kier molecular flexibility index (Phi) is 3.69. The molecule has 0 fully saturated rings. The van der Waals surface area contributed by atoms with E-state index in [0.717, 1.165) is 18.5 Å². The summed E-state index contributed by atoms with van der Waals surface area (Å²) in [6.45, 7) is 0. The number of non-ortho nitro benzene ring substituents is 1. The molecular weight excluding hydrogens is 264 g/mol. The Morgan fingerprint density at radius 2 is 1.76 bits per heavy atom. The number of nitro groups is 1. The van der Waals surface area contributed by atoms with Crippen LogP contribution in [-0.4, -0.2) is 11.0 Å². The second-order valence-corrected chi connectivity index (χ2v) is 5.10. The Bertz CT molecular complexity index is 663. The van der Waals surface area contributed by atoms with Crippen LogP contribution in [0.1, 0.15) is 18.4 Å². The standard InChI is InChI=1S/C17H16N2O2/c20-19(21)15-11-9-14(10-12-15)18-17-8-4-7-16(17)13-5-2-1-3-6-13/h1-3,5-7,9-12,17-18H,4,8H2. The van der Waals surface area contributed by atoms with Gasteiger partial charge in [-0.25, -0.2) is 0 Å². The molecule has 1 N–H and O–H groups in total. The summed E-state index contributed by atoms with van der Waals surface area (Å²) >= 11 is 0. The van der Waals surface area contributed by atoms with Gasteiger partial charge in [0.2, 0.25) is 0 Å². The molecule has 4 nitrogen and oxygen atoms in total. The lowest BCUT2D eigenvalue weighted by molar-refractivity contribution is -0.384. The molecule has 0 aliphatic heterocycles. The average Bonchev–Trinajstić information content (AvgIpc) is 2.97. The summed E-state index contributed by atoms with van der Waals surface area (Å²) in [7, 11) is 0. The molecule has 2 aromatic carbocycles. The molecule has 1 aliphatic carbocycles. The van der Waals surface area contributed by atoms with Crippen LogP contribution in [0.3, 0.4) is 0 Å². The maximum atomic E-state index is 10.7. The molecule has 21 heavy (non-hydrogen) atoms. The maximum absolute atomic E-state index is 10.7. The normalized spacial score (nSPS) is 17.3. The van der Waals surface area contributed by atoms with Gasteiger partial charge in [-0.2, -0.15) is 0 Å². The maximum Gasteiger partial charge on any atom is 0.269 e. The van der Waals surface area contributed by atoms with Crippen molar-refractivity contribution in [3.05, 3.63) is 76.4 Å². The van der Waals surface area contributed by atoms with Crippen LogP contribution in [0.15, 0.2) is 60.7 Å². The van der Waals surface area contributed by atoms with E-state index in [1.165, 1.54) is 23.3 Å². The van der Waals surface area contributed by atoms with Gasteiger partial charge in [-0.15, -0.1) is 0 Å². The molecule has 0 heterocycles. The quantitative estimate of drug-likeness (QED) is 0.672. The van der Waals surface area contributed by atoms with Crippen molar-refractivity contribution in [2.45, 2.75) is 18.9 Å². The number of benzene rings is 2. The second-order valence-electron chi connectivity index (χ2n) is 5.10. The summed E-state index contributed by atoms with van der Waals surface area (Å²) in [6.07, 6.45) is 4.36. The van der Waals surface area contributed by atoms with E-state index in [1.54, 1.807) is 12.1 Å². The Labute approximate surface area is 123 Å². The van der Waals surface area contributed by atoms with Crippen LogP contribution in [0, 0.1) is 10.1 Å². The third-order valence-electron chi connectivity index (χ3n) is 3.72. The predicted molar refractivity (Wildman–Crippen MR) is 84.2 cm³/mol. The molecule has 1 aliphatic rings. The number of nitrogens with one attached hydrogen (secondary N) is 1. The van der Waals surface area contributed by atoms with Crippen molar-refractivity contribution in [1.29, 1.82) is 0 Å². The van der Waals surface area contributed by atoms with Gasteiger partial charge in [0.05, 0.1) is 11.0 Å². The Morgan fingerprint density at radius 3 is 2.43 bits per heavy atom. The van der Waals surface area contributed by atoms with E-state index < -0.39 is 0 Å². The van der Waals surface area contributed by atoms with Crippen molar-refractivity contribution in [2.24, 2.45) is 0 Å². The highest BCUT2D eigenvalue weighted by Crippen LogP contribution is 2.31. The van der Waals surface area contributed by atoms with Crippen LogP contribution < -0.4 is 5.32 Å². The number of nitrogens with zero attached hydrogens (tertiary/aromatic N) is 1. The lowest BCUT2D eigenvalue weighted by Crippen LogP contribution is -2.17. The van der Waals surface area contributed by atoms with Gasteiger partial charge >= 0.3 is 0 Å². The third kappa shape index (κ3) is 2.94. The number of allylic oxidation sites excluding steroid dienone is 1. The fourth-order valence-corrected chi connectivity index (χ4v) is 2.68. The van der Waals surface area contributed by atoms with Crippen LogP contribution in [0.2, 0.25) is 0 Å². The first-order valence-corrected chi connectivity index (χ1v) is 7.00. The van der Waals surface area contributed by atoms with Gasteiger partial charge in [0.1, 0.15) is 0 Å². The Morgan fingerprint density at radius 1 is 1.05 bits per heavy atom. The third-order valence-corrected chi connectivity index (χ3v) is 3.72. The van der Waals surface area contributed by atoms with Crippen LogP contribution in [0.25, 0.3) is 5.57 Å². The molecule has 106 valence electrons. The smallest absolute Gasteiger partial charge is 0.269 e. The summed E-state index contributed by atoms with van der Waals surface area (Å²) in [5.41, 5.74) is 3.56. The average molecular weight is 280 g/mol. The molecule has 0 spiro atoms. The minimum Gasteiger partial charge on any atom is -0.378 e. The highest BCUT2D eigenvalue weighted by molar-refractivity contribution is 5.74. The van der Waals surface area contributed by atoms with Crippen LogP contribution in [0.4, 0.5) is 11.4 Å². The molecule has 3 rings (SSSR count). The van der Waals surface area contributed by atoms with Crippen LogP contribution in [-0.2, 0) is 0 Å². The highest BCUT2D eigenvalue weighted by Gasteiger charge is 2.20. The molecule has 0 amide bonds. The Balaban J connectivity index is 1.75. The fourth-order valence-electron chi connectivity index (χ4n) is 2.68. The zero-order chi connectivity index (χ0) is 14.7. The van der Waals surface area contributed by atoms with Crippen LogP contribution in [0.5, 0.6) is 0 Å². The van der Waals surface area contributed by atoms with Crippen molar-refractivity contribution < 1.29 is 4.92 Å². The first kappa shape index (κ1) is 13.4. The van der Waals surface area contributed by atoms with Gasteiger partial charge in [0, 0.05) is 17.8 Å². The van der Waals surface area contributed by atoms with Gasteiger partial charge in [0.25, 0.3) is 5.69 Å². The summed E-state index contributed by atoms with van der Waals surface area (Å²) < 4.78 is 0. The monoisotopic (exact) mass is 280 g/mol. The zero-order valence-electron chi connectivity index (χ0n) is 11.5. The SMILES string of the molecule is O=[N+]([O-])c1ccc(NC2CCC=C2c2ccccc2)cc1. The lowest BCUT2D eigenvalue weighted by atomic mass is 10.0. The molecule has 2 aromatic rings. The second kappa shape index (κ2) is 5.79. The fraction of sp³-hybridized carbons (Fsp3) is 0.176. The van der Waals surface area contributed by atoms with Crippen molar-refractivity contribution in [2.75, 3.05) is 5.32 Å². The van der Waals surface area contributed by atoms with E-state index in [4.69, 9.17) is 0 Å². The van der Waals surface area contributed by atoms with Crippen molar-refractivity contribution in [1.82, 2.24) is 0 Å².